The molecule has 0 aliphatic carbocycles. The molecular formula is C33H45F5O4. The summed E-state index contributed by atoms with van der Waals surface area (Å²) in [7, 11) is 0. The van der Waals surface area contributed by atoms with Crippen LogP contribution >= 0.6 is 0 Å². The molecule has 2 aromatic carbocycles. The van der Waals surface area contributed by atoms with Crippen molar-refractivity contribution in [1.82, 2.24) is 0 Å². The molecule has 0 amide bonds. The third kappa shape index (κ3) is 11.8. The summed E-state index contributed by atoms with van der Waals surface area (Å²) in [6.07, 6.45) is 14.2. The molecule has 0 aliphatic heterocycles. The highest BCUT2D eigenvalue weighted by atomic mass is 19.2. The first kappa shape index (κ1) is 35.4. The lowest BCUT2D eigenvalue weighted by atomic mass is 10.0. The molecule has 0 N–H and O–H groups in total. The van der Waals surface area contributed by atoms with Crippen molar-refractivity contribution < 1.29 is 41.0 Å². The quantitative estimate of drug-likeness (QED) is 0.0419. The monoisotopic (exact) mass is 600 g/mol. The van der Waals surface area contributed by atoms with E-state index in [0.29, 0.717) is 36.7 Å². The van der Waals surface area contributed by atoms with Crippen molar-refractivity contribution >= 4 is 5.78 Å². The molecule has 0 heterocycles. The van der Waals surface area contributed by atoms with Gasteiger partial charge in [-0.05, 0) is 43.9 Å². The van der Waals surface area contributed by atoms with Gasteiger partial charge in [-0.15, -0.1) is 0 Å². The summed E-state index contributed by atoms with van der Waals surface area (Å²) in [4.78, 5) is 12.8. The van der Waals surface area contributed by atoms with E-state index in [0.717, 1.165) is 32.1 Å². The molecule has 0 bridgehead atoms. The van der Waals surface area contributed by atoms with Gasteiger partial charge >= 0.3 is 0 Å². The summed E-state index contributed by atoms with van der Waals surface area (Å²) in [5, 5.41) is 0. The molecule has 0 atom stereocenters. The summed E-state index contributed by atoms with van der Waals surface area (Å²) in [6, 6.07) is 5.11. The van der Waals surface area contributed by atoms with E-state index in [1.807, 2.05) is 0 Å². The molecule has 0 unspecified atom stereocenters. The van der Waals surface area contributed by atoms with Gasteiger partial charge in [0.05, 0.1) is 19.8 Å². The molecule has 0 spiro atoms. The summed E-state index contributed by atoms with van der Waals surface area (Å²) in [6.45, 7) is 5.14. The van der Waals surface area contributed by atoms with Gasteiger partial charge in [-0.3, -0.25) is 4.79 Å². The Labute approximate surface area is 246 Å². The molecule has 0 aromatic heterocycles. The maximum absolute atomic E-state index is 13.8. The minimum absolute atomic E-state index is 0.106. The Morgan fingerprint density at radius 1 is 0.548 bits per heavy atom. The van der Waals surface area contributed by atoms with Crippen LogP contribution < -0.4 is 14.2 Å². The summed E-state index contributed by atoms with van der Waals surface area (Å²) >= 11 is 0. The Morgan fingerprint density at radius 3 is 1.57 bits per heavy atom. The minimum atomic E-state index is -2.24. The van der Waals surface area contributed by atoms with E-state index in [9.17, 15) is 26.7 Å². The highest BCUT2D eigenvalue weighted by Gasteiger charge is 2.27. The number of carbonyl (C=O) groups excluding carboxylic acids is 1. The smallest absolute Gasteiger partial charge is 0.206 e. The Bertz CT molecular complexity index is 1060. The number of Topliss-reactive ketones (excluding diaryl/α,β-unsaturated/α-hetero) is 1. The molecule has 0 saturated carbocycles. The fourth-order valence-corrected chi connectivity index (χ4v) is 4.46. The van der Waals surface area contributed by atoms with Gasteiger partial charge in [0, 0.05) is 12.0 Å². The number of halogens is 5. The van der Waals surface area contributed by atoms with Crippen LogP contribution in [0.4, 0.5) is 22.0 Å². The van der Waals surface area contributed by atoms with Crippen LogP contribution in [0.2, 0.25) is 0 Å². The summed E-state index contributed by atoms with van der Waals surface area (Å²) in [5.74, 6) is -10.8. The SMILES string of the molecule is CCCCCCCCOc1ccc(C(=O)CCCCOc2c(F)c(F)c(F)c(F)c2F)cc1OCCCCCCCC. The number of ketones is 1. The van der Waals surface area contributed by atoms with Crippen molar-refractivity contribution in [2.45, 2.75) is 110 Å². The Balaban J connectivity index is 1.89. The second-order valence-corrected chi connectivity index (χ2v) is 10.5. The van der Waals surface area contributed by atoms with Crippen molar-refractivity contribution in [2.75, 3.05) is 19.8 Å². The maximum Gasteiger partial charge on any atom is 0.206 e. The second-order valence-electron chi connectivity index (χ2n) is 10.5. The average molecular weight is 601 g/mol. The lowest BCUT2D eigenvalue weighted by molar-refractivity contribution is 0.0977. The molecule has 2 aromatic rings. The van der Waals surface area contributed by atoms with Gasteiger partial charge in [0.15, 0.2) is 23.0 Å². The molecule has 0 radical (unpaired) electrons. The largest absolute Gasteiger partial charge is 0.490 e. The zero-order chi connectivity index (χ0) is 30.7. The summed E-state index contributed by atoms with van der Waals surface area (Å²) in [5.41, 5.74) is 0.445. The standard InChI is InChI=1S/C33H45F5O4/c1-3-5-7-9-11-14-20-40-26-19-18-24(23-27(26)41-21-15-12-10-8-6-4-2)25(39)17-13-16-22-42-33-31(37)29(35)28(34)30(36)32(33)38/h18-19,23H,3-17,20-22H2,1-2H3. The van der Waals surface area contributed by atoms with Crippen LogP contribution in [0.15, 0.2) is 18.2 Å². The topological polar surface area (TPSA) is 44.8 Å². The Kier molecular flexibility index (Phi) is 16.9. The lowest BCUT2D eigenvalue weighted by Crippen LogP contribution is -2.08. The van der Waals surface area contributed by atoms with Crippen LogP contribution in [0, 0.1) is 29.1 Å². The van der Waals surface area contributed by atoms with E-state index < -0.39 is 34.8 Å². The highest BCUT2D eigenvalue weighted by molar-refractivity contribution is 5.96. The van der Waals surface area contributed by atoms with Gasteiger partial charge in [-0.25, -0.2) is 13.2 Å². The second kappa shape index (κ2) is 20.1. The van der Waals surface area contributed by atoms with Crippen molar-refractivity contribution in [3.63, 3.8) is 0 Å². The first-order valence-corrected chi connectivity index (χ1v) is 15.4. The van der Waals surface area contributed by atoms with Gasteiger partial charge in [0.1, 0.15) is 0 Å². The number of carbonyl (C=O) groups is 1. The van der Waals surface area contributed by atoms with E-state index in [4.69, 9.17) is 14.2 Å². The number of hydrogen-bond acceptors (Lipinski definition) is 4. The third-order valence-corrected chi connectivity index (χ3v) is 6.99. The highest BCUT2D eigenvalue weighted by Crippen LogP contribution is 2.31. The predicted octanol–water partition coefficient (Wildman–Crippen LogP) is 10.3. The van der Waals surface area contributed by atoms with Crippen molar-refractivity contribution in [1.29, 1.82) is 0 Å². The van der Waals surface area contributed by atoms with Crippen LogP contribution in [0.1, 0.15) is 121 Å². The number of benzene rings is 2. The fraction of sp³-hybridized carbons (Fsp3) is 0.606. The predicted molar refractivity (Wildman–Crippen MR) is 154 cm³/mol. The van der Waals surface area contributed by atoms with Crippen LogP contribution in [-0.2, 0) is 0 Å². The molecular weight excluding hydrogens is 555 g/mol. The number of rotatable bonds is 23. The Morgan fingerprint density at radius 2 is 1.00 bits per heavy atom. The van der Waals surface area contributed by atoms with Gasteiger partial charge in [0.25, 0.3) is 0 Å². The van der Waals surface area contributed by atoms with Crippen molar-refractivity contribution in [3.8, 4) is 17.2 Å². The first-order chi connectivity index (χ1) is 20.3. The minimum Gasteiger partial charge on any atom is -0.490 e. The van der Waals surface area contributed by atoms with Gasteiger partial charge < -0.3 is 14.2 Å². The molecule has 0 fully saturated rings. The zero-order valence-electron chi connectivity index (χ0n) is 25.0. The van der Waals surface area contributed by atoms with Crippen LogP contribution in [-0.4, -0.2) is 25.6 Å². The molecule has 236 valence electrons. The van der Waals surface area contributed by atoms with Gasteiger partial charge in [-0.1, -0.05) is 78.1 Å². The van der Waals surface area contributed by atoms with E-state index in [2.05, 4.69) is 13.8 Å². The molecule has 0 saturated heterocycles. The van der Waals surface area contributed by atoms with E-state index in [-0.39, 0.29) is 25.2 Å². The Hall–Kier alpha value is -2.84. The first-order valence-electron chi connectivity index (χ1n) is 15.4. The molecule has 0 aliphatic rings. The number of unbranched alkanes of at least 4 members (excludes halogenated alkanes) is 11. The number of ether oxygens (including phenoxy) is 3. The maximum atomic E-state index is 13.8. The number of hydrogen-bond donors (Lipinski definition) is 0. The zero-order valence-corrected chi connectivity index (χ0v) is 25.0. The van der Waals surface area contributed by atoms with Gasteiger partial charge in [-0.2, -0.15) is 8.78 Å². The van der Waals surface area contributed by atoms with Crippen LogP contribution in [0.25, 0.3) is 0 Å². The lowest BCUT2D eigenvalue weighted by Gasteiger charge is -2.14. The van der Waals surface area contributed by atoms with E-state index >= 15 is 0 Å². The fourth-order valence-electron chi connectivity index (χ4n) is 4.46. The molecule has 9 heteroatoms. The molecule has 2 rings (SSSR count). The van der Waals surface area contributed by atoms with Crippen molar-refractivity contribution in [2.24, 2.45) is 0 Å². The molecule has 42 heavy (non-hydrogen) atoms. The van der Waals surface area contributed by atoms with E-state index in [1.54, 1.807) is 18.2 Å². The van der Waals surface area contributed by atoms with Crippen molar-refractivity contribution in [3.05, 3.63) is 52.8 Å². The normalized spacial score (nSPS) is 11.1. The van der Waals surface area contributed by atoms with Crippen LogP contribution in [0.3, 0.4) is 0 Å². The summed E-state index contributed by atoms with van der Waals surface area (Å²) < 4.78 is 84.2. The average Bonchev–Trinajstić information content (AvgIpc) is 2.99. The molecule has 4 nitrogen and oxygen atoms in total. The van der Waals surface area contributed by atoms with Gasteiger partial charge in [0.2, 0.25) is 29.1 Å². The van der Waals surface area contributed by atoms with Crippen LogP contribution in [0.5, 0.6) is 17.2 Å². The third-order valence-electron chi connectivity index (χ3n) is 6.99. The van der Waals surface area contributed by atoms with E-state index in [1.165, 1.54) is 44.9 Å².